The van der Waals surface area contributed by atoms with Crippen LogP contribution in [-0.4, -0.2) is 40.0 Å². The van der Waals surface area contributed by atoms with Crippen molar-refractivity contribution in [2.75, 3.05) is 25.5 Å². The Morgan fingerprint density at radius 1 is 1.33 bits per heavy atom. The second-order valence-corrected chi connectivity index (χ2v) is 5.31. The van der Waals surface area contributed by atoms with E-state index in [2.05, 4.69) is 34.4 Å². The second kappa shape index (κ2) is 7.44. The van der Waals surface area contributed by atoms with Crippen LogP contribution in [0.1, 0.15) is 25.2 Å². The molecule has 0 fully saturated rings. The highest BCUT2D eigenvalue weighted by Gasteiger charge is 2.13. The van der Waals surface area contributed by atoms with Gasteiger partial charge in [0, 0.05) is 25.4 Å². The lowest BCUT2D eigenvalue weighted by molar-refractivity contribution is 0.290. The summed E-state index contributed by atoms with van der Waals surface area (Å²) in [6, 6.07) is 7.98. The summed E-state index contributed by atoms with van der Waals surface area (Å²) in [5.74, 6) is 1.51. The summed E-state index contributed by atoms with van der Waals surface area (Å²) in [7, 11) is 0. The predicted molar refractivity (Wildman–Crippen MR) is 86.7 cm³/mol. The number of fused-ring (bicyclic) bond motifs is 1. The Morgan fingerprint density at radius 3 is 2.71 bits per heavy atom. The standard InChI is InChI=1S/C16H21ClN4/c1-3-20(4-2)10-11-21-14-7-5-6-13(12-18)16(14)19-15(21)8-9-17/h5-7H,3-4,8-11H2,1-2H3. The third-order valence-corrected chi connectivity index (χ3v) is 4.02. The zero-order valence-corrected chi connectivity index (χ0v) is 13.4. The molecule has 0 aliphatic carbocycles. The first-order chi connectivity index (χ1) is 10.2. The molecule has 5 heteroatoms. The SMILES string of the molecule is CCN(CC)CCn1c(CCCl)nc2c(C#N)cccc21. The molecule has 2 rings (SSSR count). The molecule has 112 valence electrons. The molecule has 4 nitrogen and oxygen atoms in total. The summed E-state index contributed by atoms with van der Waals surface area (Å²) < 4.78 is 2.21. The highest BCUT2D eigenvalue weighted by atomic mass is 35.5. The Hall–Kier alpha value is -1.57. The van der Waals surface area contributed by atoms with Gasteiger partial charge in [-0.05, 0) is 25.2 Å². The highest BCUT2D eigenvalue weighted by molar-refractivity contribution is 6.17. The lowest BCUT2D eigenvalue weighted by atomic mass is 10.2. The van der Waals surface area contributed by atoms with Crippen LogP contribution in [0.4, 0.5) is 0 Å². The van der Waals surface area contributed by atoms with Gasteiger partial charge in [-0.25, -0.2) is 4.98 Å². The number of halogens is 1. The molecule has 0 saturated carbocycles. The van der Waals surface area contributed by atoms with Crippen LogP contribution in [-0.2, 0) is 13.0 Å². The number of aromatic nitrogens is 2. The number of benzene rings is 1. The van der Waals surface area contributed by atoms with Crippen molar-refractivity contribution in [3.63, 3.8) is 0 Å². The van der Waals surface area contributed by atoms with Gasteiger partial charge in [-0.1, -0.05) is 19.9 Å². The largest absolute Gasteiger partial charge is 0.327 e. The number of likely N-dealkylation sites (N-methyl/N-ethyl adjacent to an activating group) is 1. The third-order valence-electron chi connectivity index (χ3n) is 3.83. The molecular weight excluding hydrogens is 284 g/mol. The van der Waals surface area contributed by atoms with Crippen molar-refractivity contribution in [3.05, 3.63) is 29.6 Å². The fourth-order valence-corrected chi connectivity index (χ4v) is 2.76. The number of hydrogen-bond acceptors (Lipinski definition) is 3. The topological polar surface area (TPSA) is 44.9 Å². The van der Waals surface area contributed by atoms with Crippen molar-refractivity contribution in [2.45, 2.75) is 26.8 Å². The number of para-hydroxylation sites is 1. The van der Waals surface area contributed by atoms with Crippen LogP contribution < -0.4 is 0 Å². The molecule has 0 aliphatic rings. The summed E-state index contributed by atoms with van der Waals surface area (Å²) in [4.78, 5) is 7.02. The van der Waals surface area contributed by atoms with Crippen LogP contribution in [0.25, 0.3) is 11.0 Å². The molecule has 0 radical (unpaired) electrons. The Kier molecular flexibility index (Phi) is 5.60. The van der Waals surface area contributed by atoms with Gasteiger partial charge in [0.25, 0.3) is 0 Å². The molecule has 21 heavy (non-hydrogen) atoms. The summed E-state index contributed by atoms with van der Waals surface area (Å²) in [5.41, 5.74) is 2.45. The molecule has 1 aromatic carbocycles. The average molecular weight is 305 g/mol. The van der Waals surface area contributed by atoms with Crippen molar-refractivity contribution in [1.82, 2.24) is 14.5 Å². The maximum absolute atomic E-state index is 9.23. The van der Waals surface area contributed by atoms with Gasteiger partial charge in [0.2, 0.25) is 0 Å². The number of nitrogens with zero attached hydrogens (tertiary/aromatic N) is 4. The number of imidazole rings is 1. The van der Waals surface area contributed by atoms with E-state index in [-0.39, 0.29) is 0 Å². The molecule has 1 heterocycles. The Morgan fingerprint density at radius 2 is 2.10 bits per heavy atom. The average Bonchev–Trinajstić information content (AvgIpc) is 2.86. The summed E-state index contributed by atoms with van der Waals surface area (Å²) in [6.45, 7) is 8.27. The lowest BCUT2D eigenvalue weighted by Gasteiger charge is -2.19. The van der Waals surface area contributed by atoms with Crippen molar-refractivity contribution in [2.24, 2.45) is 0 Å². The van der Waals surface area contributed by atoms with Crippen LogP contribution in [0.5, 0.6) is 0 Å². The van der Waals surface area contributed by atoms with Gasteiger partial charge in [0.05, 0.1) is 11.1 Å². The summed E-state index contributed by atoms with van der Waals surface area (Å²) >= 11 is 5.90. The van der Waals surface area contributed by atoms with E-state index in [0.717, 1.165) is 49.5 Å². The fourth-order valence-electron chi connectivity index (χ4n) is 2.59. The molecular formula is C16H21ClN4. The van der Waals surface area contributed by atoms with Crippen molar-refractivity contribution < 1.29 is 0 Å². The Labute approximate surface area is 130 Å². The minimum atomic E-state index is 0.538. The first-order valence-corrected chi connectivity index (χ1v) is 7.95. The first-order valence-electron chi connectivity index (χ1n) is 7.41. The third kappa shape index (κ3) is 3.37. The fraction of sp³-hybridized carbons (Fsp3) is 0.500. The molecule has 0 bridgehead atoms. The monoisotopic (exact) mass is 304 g/mol. The van der Waals surface area contributed by atoms with Gasteiger partial charge in [-0.2, -0.15) is 5.26 Å². The zero-order valence-electron chi connectivity index (χ0n) is 12.6. The number of nitriles is 1. The van der Waals surface area contributed by atoms with Crippen LogP contribution in [0.2, 0.25) is 0 Å². The second-order valence-electron chi connectivity index (χ2n) is 4.93. The zero-order chi connectivity index (χ0) is 15.2. The van der Waals surface area contributed by atoms with E-state index in [1.807, 2.05) is 18.2 Å². The van der Waals surface area contributed by atoms with Crippen LogP contribution in [0.3, 0.4) is 0 Å². The number of aryl methyl sites for hydroxylation is 1. The number of alkyl halides is 1. The van der Waals surface area contributed by atoms with Crippen LogP contribution >= 0.6 is 11.6 Å². The molecule has 0 atom stereocenters. The lowest BCUT2D eigenvalue weighted by Crippen LogP contribution is -2.27. The molecule has 0 aliphatic heterocycles. The van der Waals surface area contributed by atoms with E-state index in [1.54, 1.807) is 0 Å². The number of rotatable bonds is 7. The summed E-state index contributed by atoms with van der Waals surface area (Å²) in [5, 5.41) is 9.23. The predicted octanol–water partition coefficient (Wildman–Crippen LogP) is 3.03. The van der Waals surface area contributed by atoms with E-state index in [0.29, 0.717) is 11.4 Å². The molecule has 0 saturated heterocycles. The van der Waals surface area contributed by atoms with Crippen molar-refractivity contribution in [3.8, 4) is 6.07 Å². The van der Waals surface area contributed by atoms with Crippen LogP contribution in [0, 0.1) is 11.3 Å². The van der Waals surface area contributed by atoms with Gasteiger partial charge in [0.1, 0.15) is 17.4 Å². The maximum atomic E-state index is 9.23. The molecule has 0 amide bonds. The van der Waals surface area contributed by atoms with Crippen molar-refractivity contribution in [1.29, 1.82) is 5.26 Å². The first kappa shape index (κ1) is 15.8. The highest BCUT2D eigenvalue weighted by Crippen LogP contribution is 2.20. The van der Waals surface area contributed by atoms with E-state index < -0.39 is 0 Å². The van der Waals surface area contributed by atoms with E-state index >= 15 is 0 Å². The molecule has 0 spiro atoms. The smallest absolute Gasteiger partial charge is 0.111 e. The maximum Gasteiger partial charge on any atom is 0.111 e. The summed E-state index contributed by atoms with van der Waals surface area (Å²) in [6.07, 6.45) is 0.722. The minimum absolute atomic E-state index is 0.538. The number of hydrogen-bond donors (Lipinski definition) is 0. The van der Waals surface area contributed by atoms with Gasteiger partial charge < -0.3 is 9.47 Å². The van der Waals surface area contributed by atoms with E-state index in [9.17, 15) is 5.26 Å². The Bertz CT molecular complexity index is 637. The van der Waals surface area contributed by atoms with Crippen molar-refractivity contribution >= 4 is 22.6 Å². The Balaban J connectivity index is 2.40. The van der Waals surface area contributed by atoms with Crippen LogP contribution in [0.15, 0.2) is 18.2 Å². The van der Waals surface area contributed by atoms with Gasteiger partial charge in [-0.3, -0.25) is 0 Å². The van der Waals surface area contributed by atoms with E-state index in [1.165, 1.54) is 0 Å². The minimum Gasteiger partial charge on any atom is -0.327 e. The molecule has 0 unspecified atom stereocenters. The van der Waals surface area contributed by atoms with Gasteiger partial charge in [0.15, 0.2) is 0 Å². The normalized spacial score (nSPS) is 11.2. The van der Waals surface area contributed by atoms with E-state index in [4.69, 9.17) is 11.6 Å². The quantitative estimate of drug-likeness (QED) is 0.739. The van der Waals surface area contributed by atoms with Gasteiger partial charge >= 0.3 is 0 Å². The molecule has 0 N–H and O–H groups in total. The molecule has 1 aromatic heterocycles. The van der Waals surface area contributed by atoms with Gasteiger partial charge in [-0.15, -0.1) is 11.6 Å². The molecule has 2 aromatic rings.